The Morgan fingerprint density at radius 2 is 1.58 bits per heavy atom. The van der Waals surface area contributed by atoms with E-state index in [4.69, 9.17) is 0 Å². The Bertz CT molecular complexity index is 567. The maximum absolute atomic E-state index is 10.4. The molecule has 0 fully saturated rings. The van der Waals surface area contributed by atoms with Crippen LogP contribution in [-0.2, 0) is 6.42 Å². The predicted octanol–water partition coefficient (Wildman–Crippen LogP) is 3.59. The first-order chi connectivity index (χ1) is 8.97. The summed E-state index contributed by atoms with van der Waals surface area (Å²) in [5.41, 5.74) is 6.97. The zero-order chi connectivity index (χ0) is 14.0. The lowest BCUT2D eigenvalue weighted by Crippen LogP contribution is -2.06. The molecule has 1 N–H and O–H groups in total. The van der Waals surface area contributed by atoms with Crippen molar-refractivity contribution in [1.29, 1.82) is 0 Å². The molecule has 2 rings (SSSR count). The topological polar surface area (TPSA) is 33.1 Å². The van der Waals surface area contributed by atoms with Gasteiger partial charge in [-0.25, -0.2) is 0 Å². The highest BCUT2D eigenvalue weighted by molar-refractivity contribution is 5.38. The van der Waals surface area contributed by atoms with Crippen LogP contribution in [0.3, 0.4) is 0 Å². The highest BCUT2D eigenvalue weighted by Crippen LogP contribution is 2.24. The van der Waals surface area contributed by atoms with E-state index < -0.39 is 6.10 Å². The molecule has 2 heteroatoms. The molecule has 100 valence electrons. The number of nitrogens with zero attached hydrogens (tertiary/aromatic N) is 1. The van der Waals surface area contributed by atoms with Gasteiger partial charge in [0, 0.05) is 18.8 Å². The van der Waals surface area contributed by atoms with E-state index in [0.717, 1.165) is 11.1 Å². The van der Waals surface area contributed by atoms with Crippen molar-refractivity contribution in [3.05, 3.63) is 64.0 Å². The number of aliphatic hydroxyl groups is 1. The van der Waals surface area contributed by atoms with Gasteiger partial charge in [-0.1, -0.05) is 23.8 Å². The van der Waals surface area contributed by atoms with Crippen molar-refractivity contribution in [1.82, 2.24) is 4.98 Å². The number of aryl methyl sites for hydroxylation is 4. The fourth-order valence-electron chi connectivity index (χ4n) is 2.60. The molecule has 0 radical (unpaired) electrons. The number of rotatable bonds is 3. The molecule has 0 bridgehead atoms. The third-order valence-corrected chi connectivity index (χ3v) is 3.52. The summed E-state index contributed by atoms with van der Waals surface area (Å²) >= 11 is 0. The van der Waals surface area contributed by atoms with Gasteiger partial charge < -0.3 is 5.11 Å². The van der Waals surface area contributed by atoms with Crippen molar-refractivity contribution in [2.24, 2.45) is 0 Å². The molecule has 19 heavy (non-hydrogen) atoms. The third-order valence-electron chi connectivity index (χ3n) is 3.52. The zero-order valence-corrected chi connectivity index (χ0v) is 12.1. The van der Waals surface area contributed by atoms with E-state index in [-0.39, 0.29) is 0 Å². The maximum atomic E-state index is 10.4. The molecule has 1 aromatic carbocycles. The number of pyridine rings is 1. The summed E-state index contributed by atoms with van der Waals surface area (Å²) < 4.78 is 0. The maximum Gasteiger partial charge on any atom is 0.0845 e. The first kappa shape index (κ1) is 13.8. The molecule has 1 heterocycles. The van der Waals surface area contributed by atoms with Crippen molar-refractivity contribution in [2.75, 3.05) is 0 Å². The van der Waals surface area contributed by atoms with Crippen LogP contribution in [0.4, 0.5) is 0 Å². The molecule has 0 amide bonds. The number of aromatic nitrogens is 1. The third kappa shape index (κ3) is 3.21. The summed E-state index contributed by atoms with van der Waals surface area (Å²) in [4.78, 5) is 4.15. The molecule has 0 spiro atoms. The second kappa shape index (κ2) is 5.54. The highest BCUT2D eigenvalue weighted by atomic mass is 16.3. The van der Waals surface area contributed by atoms with Crippen LogP contribution >= 0.6 is 0 Å². The first-order valence-corrected chi connectivity index (χ1v) is 6.63. The second-order valence-corrected chi connectivity index (χ2v) is 5.39. The van der Waals surface area contributed by atoms with Crippen LogP contribution in [0.25, 0.3) is 0 Å². The summed E-state index contributed by atoms with van der Waals surface area (Å²) in [5.74, 6) is 0. The minimum absolute atomic E-state index is 0.493. The average molecular weight is 255 g/mol. The van der Waals surface area contributed by atoms with Crippen LogP contribution in [-0.4, -0.2) is 10.1 Å². The minimum Gasteiger partial charge on any atom is -0.388 e. The second-order valence-electron chi connectivity index (χ2n) is 5.39. The van der Waals surface area contributed by atoms with Crippen molar-refractivity contribution in [2.45, 2.75) is 40.2 Å². The zero-order valence-electron chi connectivity index (χ0n) is 12.1. The van der Waals surface area contributed by atoms with Gasteiger partial charge in [0.2, 0.25) is 0 Å². The number of aliphatic hydroxyl groups excluding tert-OH is 1. The first-order valence-electron chi connectivity index (χ1n) is 6.63. The molecule has 2 aromatic rings. The monoisotopic (exact) mass is 255 g/mol. The minimum atomic E-state index is -0.493. The molecule has 0 aliphatic heterocycles. The van der Waals surface area contributed by atoms with Crippen molar-refractivity contribution < 1.29 is 5.11 Å². The average Bonchev–Trinajstić information content (AvgIpc) is 2.33. The standard InChI is InChI=1S/C17H21NO/c1-11-5-13(3)16(14(4)6-11)8-17(19)15-7-12(2)9-18-10-15/h5-7,9-10,17,19H,8H2,1-4H3. The van der Waals surface area contributed by atoms with Crippen molar-refractivity contribution in [3.63, 3.8) is 0 Å². The van der Waals surface area contributed by atoms with Crippen LogP contribution < -0.4 is 0 Å². The molecule has 2 nitrogen and oxygen atoms in total. The summed E-state index contributed by atoms with van der Waals surface area (Å²) in [7, 11) is 0. The molecule has 1 atom stereocenters. The van der Waals surface area contributed by atoms with Gasteiger partial charge in [-0.15, -0.1) is 0 Å². The fraction of sp³-hybridized carbons (Fsp3) is 0.353. The molecular formula is C17H21NO. The molecule has 0 saturated carbocycles. The van der Waals surface area contributed by atoms with E-state index in [2.05, 4.69) is 37.9 Å². The Hall–Kier alpha value is -1.67. The summed E-state index contributed by atoms with van der Waals surface area (Å²) in [6, 6.07) is 6.34. The molecule has 1 aromatic heterocycles. The van der Waals surface area contributed by atoms with Gasteiger partial charge >= 0.3 is 0 Å². The van der Waals surface area contributed by atoms with Crippen LogP contribution in [0.15, 0.2) is 30.6 Å². The lowest BCUT2D eigenvalue weighted by molar-refractivity contribution is 0.177. The SMILES string of the molecule is Cc1cncc(C(O)Cc2c(C)cc(C)cc2C)c1. The van der Waals surface area contributed by atoms with Crippen LogP contribution in [0.1, 0.15) is 39.5 Å². The fourth-order valence-corrected chi connectivity index (χ4v) is 2.60. The molecular weight excluding hydrogens is 234 g/mol. The summed E-state index contributed by atoms with van der Waals surface area (Å²) in [6.45, 7) is 8.31. The van der Waals surface area contributed by atoms with Gasteiger partial charge in [0.25, 0.3) is 0 Å². The van der Waals surface area contributed by atoms with Gasteiger partial charge in [0.1, 0.15) is 0 Å². The predicted molar refractivity (Wildman–Crippen MR) is 78.3 cm³/mol. The number of hydrogen-bond donors (Lipinski definition) is 1. The van der Waals surface area contributed by atoms with E-state index in [9.17, 15) is 5.11 Å². The number of benzene rings is 1. The van der Waals surface area contributed by atoms with Gasteiger partial charge in [-0.2, -0.15) is 0 Å². The van der Waals surface area contributed by atoms with E-state index in [1.165, 1.54) is 22.3 Å². The molecule has 0 aliphatic carbocycles. The van der Waals surface area contributed by atoms with E-state index in [0.29, 0.717) is 6.42 Å². The lowest BCUT2D eigenvalue weighted by atomic mass is 9.93. The number of hydrogen-bond acceptors (Lipinski definition) is 2. The van der Waals surface area contributed by atoms with Crippen molar-refractivity contribution >= 4 is 0 Å². The van der Waals surface area contributed by atoms with Gasteiger partial charge in [0.05, 0.1) is 6.10 Å². The Kier molecular flexibility index (Phi) is 4.01. The highest BCUT2D eigenvalue weighted by Gasteiger charge is 2.13. The Morgan fingerprint density at radius 1 is 0.947 bits per heavy atom. The van der Waals surface area contributed by atoms with E-state index in [1.807, 2.05) is 13.0 Å². The van der Waals surface area contributed by atoms with Gasteiger partial charge in [-0.05, 0) is 55.5 Å². The smallest absolute Gasteiger partial charge is 0.0845 e. The Morgan fingerprint density at radius 3 is 2.16 bits per heavy atom. The quantitative estimate of drug-likeness (QED) is 0.909. The lowest BCUT2D eigenvalue weighted by Gasteiger charge is -2.16. The summed E-state index contributed by atoms with van der Waals surface area (Å²) in [6.07, 6.45) is 3.70. The van der Waals surface area contributed by atoms with E-state index in [1.54, 1.807) is 12.4 Å². The van der Waals surface area contributed by atoms with Crippen molar-refractivity contribution in [3.8, 4) is 0 Å². The Labute approximate surface area is 115 Å². The normalized spacial score (nSPS) is 12.5. The Balaban J connectivity index is 2.26. The van der Waals surface area contributed by atoms with Crippen LogP contribution in [0.5, 0.6) is 0 Å². The van der Waals surface area contributed by atoms with E-state index >= 15 is 0 Å². The van der Waals surface area contributed by atoms with Gasteiger partial charge in [-0.3, -0.25) is 4.98 Å². The van der Waals surface area contributed by atoms with Gasteiger partial charge in [0.15, 0.2) is 0 Å². The molecule has 0 aliphatic rings. The molecule has 0 saturated heterocycles. The van der Waals surface area contributed by atoms with Crippen LogP contribution in [0, 0.1) is 27.7 Å². The largest absolute Gasteiger partial charge is 0.388 e. The molecule has 1 unspecified atom stereocenters. The van der Waals surface area contributed by atoms with Crippen LogP contribution in [0.2, 0.25) is 0 Å². The summed E-state index contributed by atoms with van der Waals surface area (Å²) in [5, 5.41) is 10.4.